The third-order valence-electron chi connectivity index (χ3n) is 6.95. The number of rotatable bonds is 10. The van der Waals surface area contributed by atoms with E-state index in [0.29, 0.717) is 11.8 Å². The molecule has 0 bridgehead atoms. The molecule has 0 atom stereocenters. The van der Waals surface area contributed by atoms with Crippen LogP contribution in [0.5, 0.6) is 0 Å². The van der Waals surface area contributed by atoms with Crippen molar-refractivity contribution < 1.29 is 9.05 Å². The van der Waals surface area contributed by atoms with Crippen LogP contribution in [0.25, 0.3) is 11.5 Å². The Morgan fingerprint density at radius 2 is 1.91 bits per heavy atom. The topological polar surface area (TPSA) is 89.9 Å². The van der Waals surface area contributed by atoms with Gasteiger partial charge < -0.3 is 14.4 Å². The van der Waals surface area contributed by atoms with Crippen LogP contribution < -0.4 is 5.32 Å². The number of aryl methyl sites for hydroxylation is 1. The highest BCUT2D eigenvalue weighted by Crippen LogP contribution is 2.44. The molecule has 2 aromatic heterocycles. The number of hydrogen-bond acceptors (Lipinski definition) is 7. The fourth-order valence-electron chi connectivity index (χ4n) is 4.86. The average molecular weight is 436 g/mol. The molecule has 0 radical (unpaired) electrons. The number of anilines is 1. The molecule has 1 N–H and O–H groups in total. The molecule has 0 spiro atoms. The zero-order chi connectivity index (χ0) is 21.8. The van der Waals surface area contributed by atoms with Gasteiger partial charge in [0.25, 0.3) is 5.89 Å². The summed E-state index contributed by atoms with van der Waals surface area (Å²) in [7, 11) is 0. The van der Waals surface area contributed by atoms with Gasteiger partial charge in [-0.05, 0) is 56.7 Å². The van der Waals surface area contributed by atoms with Gasteiger partial charge in [-0.25, -0.2) is 0 Å². The summed E-state index contributed by atoms with van der Waals surface area (Å²) in [4.78, 5) is 9.28. The number of nitrogens with zero attached hydrogens (tertiary/aromatic N) is 4. The first-order valence-corrected chi connectivity index (χ1v) is 12.3. The molecule has 7 nitrogen and oxygen atoms in total. The summed E-state index contributed by atoms with van der Waals surface area (Å²) in [6, 6.07) is 8.19. The van der Waals surface area contributed by atoms with E-state index in [9.17, 15) is 0 Å². The molecule has 1 aromatic carbocycles. The minimum absolute atomic E-state index is 0.0905. The van der Waals surface area contributed by atoms with Crippen molar-refractivity contribution in [1.82, 2.24) is 20.3 Å². The van der Waals surface area contributed by atoms with Gasteiger partial charge in [0.1, 0.15) is 0 Å². The summed E-state index contributed by atoms with van der Waals surface area (Å²) in [5, 5.41) is 11.9. The molecular formula is C25H33N5O2. The van der Waals surface area contributed by atoms with Gasteiger partial charge in [0.05, 0.1) is 0 Å². The lowest BCUT2D eigenvalue weighted by molar-refractivity contribution is 0.196. The van der Waals surface area contributed by atoms with Crippen LogP contribution in [0.1, 0.15) is 94.6 Å². The molecule has 2 fully saturated rings. The van der Waals surface area contributed by atoms with Crippen LogP contribution in [0.15, 0.2) is 33.3 Å². The van der Waals surface area contributed by atoms with Gasteiger partial charge >= 0.3 is 0 Å². The SMILES string of the molecule is CCc1noc(-c2cccc(NCCCCC3(c4nc(C5CC5)no4)CCCCC3)c2)n1. The van der Waals surface area contributed by atoms with Crippen LogP contribution in [-0.4, -0.2) is 26.8 Å². The highest BCUT2D eigenvalue weighted by Gasteiger charge is 2.40. The van der Waals surface area contributed by atoms with E-state index in [1.54, 1.807) is 0 Å². The highest BCUT2D eigenvalue weighted by molar-refractivity contribution is 5.61. The maximum atomic E-state index is 5.80. The number of hydrogen-bond donors (Lipinski definition) is 1. The Bertz CT molecular complexity index is 1020. The van der Waals surface area contributed by atoms with E-state index in [-0.39, 0.29) is 5.41 Å². The second-order valence-electron chi connectivity index (χ2n) is 9.41. The van der Waals surface area contributed by atoms with Gasteiger partial charge in [0.15, 0.2) is 11.6 Å². The summed E-state index contributed by atoms with van der Waals surface area (Å²) in [5.74, 6) is 3.72. The van der Waals surface area contributed by atoms with Crippen LogP contribution in [-0.2, 0) is 11.8 Å². The molecule has 32 heavy (non-hydrogen) atoms. The molecule has 0 saturated heterocycles. The number of unbranched alkanes of at least 4 members (excludes halogenated alkanes) is 1. The van der Waals surface area contributed by atoms with Crippen molar-refractivity contribution >= 4 is 5.69 Å². The van der Waals surface area contributed by atoms with Crippen LogP contribution in [0.2, 0.25) is 0 Å². The normalized spacial score (nSPS) is 18.0. The molecule has 2 aliphatic carbocycles. The zero-order valence-corrected chi connectivity index (χ0v) is 19.0. The summed E-state index contributed by atoms with van der Waals surface area (Å²) < 4.78 is 11.2. The first-order chi connectivity index (χ1) is 15.8. The van der Waals surface area contributed by atoms with Crippen LogP contribution in [0.3, 0.4) is 0 Å². The monoisotopic (exact) mass is 435 g/mol. The predicted molar refractivity (Wildman–Crippen MR) is 122 cm³/mol. The standard InChI is InChI=1S/C25H33N5O2/c1-2-21-27-23(31-29-21)19-9-8-10-20(17-19)26-16-7-6-15-25(13-4-3-5-14-25)24-28-22(30-32-24)18-11-12-18/h8-10,17-18,26H,2-7,11-16H2,1H3. The Balaban J connectivity index is 1.15. The Hall–Kier alpha value is -2.70. The zero-order valence-electron chi connectivity index (χ0n) is 19.0. The van der Waals surface area contributed by atoms with E-state index in [1.165, 1.54) is 44.9 Å². The van der Waals surface area contributed by atoms with Crippen molar-refractivity contribution in [2.45, 2.75) is 88.9 Å². The largest absolute Gasteiger partial charge is 0.385 e. The maximum Gasteiger partial charge on any atom is 0.257 e. The minimum Gasteiger partial charge on any atom is -0.385 e. The van der Waals surface area contributed by atoms with Crippen LogP contribution in [0, 0.1) is 0 Å². The first kappa shape index (κ1) is 21.2. The molecule has 0 unspecified atom stereocenters. The quantitative estimate of drug-likeness (QED) is 0.388. The molecule has 0 aliphatic heterocycles. The molecule has 0 amide bonds. The maximum absolute atomic E-state index is 5.80. The van der Waals surface area contributed by atoms with Crippen LogP contribution >= 0.6 is 0 Å². The summed E-state index contributed by atoms with van der Waals surface area (Å²) in [6.07, 6.45) is 12.8. The summed E-state index contributed by atoms with van der Waals surface area (Å²) in [6.45, 7) is 2.95. The smallest absolute Gasteiger partial charge is 0.257 e. The molecule has 2 aliphatic rings. The van der Waals surface area contributed by atoms with E-state index in [4.69, 9.17) is 14.0 Å². The van der Waals surface area contributed by atoms with Crippen molar-refractivity contribution in [3.05, 3.63) is 41.8 Å². The lowest BCUT2D eigenvalue weighted by Gasteiger charge is -2.34. The van der Waals surface area contributed by atoms with Gasteiger partial charge in [-0.3, -0.25) is 0 Å². The fraction of sp³-hybridized carbons (Fsp3) is 0.600. The summed E-state index contributed by atoms with van der Waals surface area (Å²) >= 11 is 0. The number of benzene rings is 1. The Morgan fingerprint density at radius 1 is 1.03 bits per heavy atom. The molecule has 7 heteroatoms. The lowest BCUT2D eigenvalue weighted by Crippen LogP contribution is -2.29. The highest BCUT2D eigenvalue weighted by atomic mass is 16.5. The number of nitrogens with one attached hydrogen (secondary N) is 1. The Morgan fingerprint density at radius 3 is 2.69 bits per heavy atom. The van der Waals surface area contributed by atoms with E-state index in [2.05, 4.69) is 32.7 Å². The van der Waals surface area contributed by atoms with E-state index >= 15 is 0 Å². The molecule has 3 aromatic rings. The van der Waals surface area contributed by atoms with Crippen LogP contribution in [0.4, 0.5) is 5.69 Å². The predicted octanol–water partition coefficient (Wildman–Crippen LogP) is 6.04. The average Bonchev–Trinajstić information content (AvgIpc) is 3.35. The van der Waals surface area contributed by atoms with Gasteiger partial charge in [-0.1, -0.05) is 49.0 Å². The Labute approximate surface area is 189 Å². The Kier molecular flexibility index (Phi) is 6.23. The third kappa shape index (κ3) is 4.71. The van der Waals surface area contributed by atoms with Crippen molar-refractivity contribution in [3.63, 3.8) is 0 Å². The van der Waals surface area contributed by atoms with Crippen molar-refractivity contribution in [2.24, 2.45) is 0 Å². The fourth-order valence-corrected chi connectivity index (χ4v) is 4.86. The lowest BCUT2D eigenvalue weighted by atomic mass is 9.71. The molecule has 5 rings (SSSR count). The molecular weight excluding hydrogens is 402 g/mol. The van der Waals surface area contributed by atoms with Crippen molar-refractivity contribution in [3.8, 4) is 11.5 Å². The van der Waals surface area contributed by atoms with Crippen molar-refractivity contribution in [1.29, 1.82) is 0 Å². The number of aromatic nitrogens is 4. The first-order valence-electron chi connectivity index (χ1n) is 12.3. The summed E-state index contributed by atoms with van der Waals surface area (Å²) in [5.41, 5.74) is 2.12. The van der Waals surface area contributed by atoms with E-state index in [1.807, 2.05) is 19.1 Å². The molecule has 2 saturated carbocycles. The van der Waals surface area contributed by atoms with E-state index < -0.39 is 0 Å². The molecule has 170 valence electrons. The second kappa shape index (κ2) is 9.43. The van der Waals surface area contributed by atoms with Crippen molar-refractivity contribution in [2.75, 3.05) is 11.9 Å². The van der Waals surface area contributed by atoms with Gasteiger partial charge in [0.2, 0.25) is 5.89 Å². The second-order valence-corrected chi connectivity index (χ2v) is 9.41. The molecule has 2 heterocycles. The van der Waals surface area contributed by atoms with Gasteiger partial charge in [-0.15, -0.1) is 0 Å². The third-order valence-corrected chi connectivity index (χ3v) is 6.95. The minimum atomic E-state index is 0.0905. The van der Waals surface area contributed by atoms with Gasteiger partial charge in [-0.2, -0.15) is 9.97 Å². The van der Waals surface area contributed by atoms with Gasteiger partial charge in [0, 0.05) is 35.5 Å². The van der Waals surface area contributed by atoms with E-state index in [0.717, 1.165) is 61.0 Å².